The fourth-order valence-corrected chi connectivity index (χ4v) is 1.21. The molecule has 0 radical (unpaired) electrons. The molecule has 0 heterocycles. The highest BCUT2D eigenvalue weighted by molar-refractivity contribution is 5.84. The summed E-state index contributed by atoms with van der Waals surface area (Å²) in [6, 6.07) is 8.74. The van der Waals surface area contributed by atoms with Crippen LogP contribution in [0.4, 0.5) is 5.69 Å². The van der Waals surface area contributed by atoms with Crippen LogP contribution in [0, 0.1) is 4.91 Å². The largest absolute Gasteiger partial charge is 0.465 e. The number of benzene rings is 1. The molecule has 1 rings (SSSR count). The molecular weight excluding hydrogens is 252 g/mol. The third-order valence-electron chi connectivity index (χ3n) is 1.97. The van der Waals surface area contributed by atoms with Crippen molar-refractivity contribution in [3.8, 4) is 0 Å². The van der Waals surface area contributed by atoms with E-state index in [4.69, 9.17) is 10.5 Å². The van der Waals surface area contributed by atoms with Crippen LogP contribution in [-0.2, 0) is 14.5 Å². The Morgan fingerprint density at radius 2 is 2.05 bits per heavy atom. The molecule has 0 spiro atoms. The summed E-state index contributed by atoms with van der Waals surface area (Å²) < 4.78 is 4.70. The van der Waals surface area contributed by atoms with Gasteiger partial charge in [0.05, 0.1) is 12.3 Å². The van der Waals surface area contributed by atoms with Gasteiger partial charge < -0.3 is 10.5 Å². The lowest BCUT2D eigenvalue weighted by atomic mass is 10.3. The van der Waals surface area contributed by atoms with Crippen LogP contribution in [0.5, 0.6) is 0 Å². The molecule has 0 bridgehead atoms. The number of hydroxylamine groups is 2. The van der Waals surface area contributed by atoms with E-state index in [1.54, 1.807) is 31.2 Å². The van der Waals surface area contributed by atoms with Gasteiger partial charge in [0.2, 0.25) is 5.96 Å². The number of carbonyl (C=O) groups excluding carboxylic acids is 1. The third-order valence-corrected chi connectivity index (χ3v) is 1.97. The van der Waals surface area contributed by atoms with Crippen LogP contribution in [0.2, 0.25) is 0 Å². The second kappa shape index (κ2) is 7.64. The number of rotatable bonds is 6. The Morgan fingerprint density at radius 1 is 1.37 bits per heavy atom. The first kappa shape index (κ1) is 14.4. The van der Waals surface area contributed by atoms with Gasteiger partial charge in [-0.25, -0.2) is 14.7 Å². The van der Waals surface area contributed by atoms with Crippen LogP contribution in [-0.4, -0.2) is 30.1 Å². The zero-order chi connectivity index (χ0) is 14.1. The summed E-state index contributed by atoms with van der Waals surface area (Å²) in [7, 11) is 0. The molecule has 0 atom stereocenters. The molecule has 19 heavy (non-hydrogen) atoms. The molecule has 0 aliphatic heterocycles. The minimum Gasteiger partial charge on any atom is -0.465 e. The van der Waals surface area contributed by atoms with Crippen molar-refractivity contribution in [1.82, 2.24) is 5.06 Å². The van der Waals surface area contributed by atoms with E-state index in [1.807, 2.05) is 6.07 Å². The fourth-order valence-electron chi connectivity index (χ4n) is 1.21. The maximum Gasteiger partial charge on any atom is 0.329 e. The van der Waals surface area contributed by atoms with Gasteiger partial charge in [-0.3, -0.25) is 0 Å². The predicted molar refractivity (Wildman–Crippen MR) is 67.9 cm³/mol. The minimum absolute atomic E-state index is 0.182. The van der Waals surface area contributed by atoms with Gasteiger partial charge in [0.1, 0.15) is 0 Å². The maximum atomic E-state index is 11.3. The van der Waals surface area contributed by atoms with Gasteiger partial charge >= 0.3 is 5.97 Å². The predicted octanol–water partition coefficient (Wildman–Crippen LogP) is 1.11. The second-order valence-corrected chi connectivity index (χ2v) is 3.30. The molecule has 0 fully saturated rings. The molecular formula is C11H14N4O4. The topological polar surface area (TPSA) is 107 Å². The lowest BCUT2D eigenvalue weighted by molar-refractivity contribution is -0.158. The summed E-state index contributed by atoms with van der Waals surface area (Å²) in [6.07, 6.45) is 0. The highest BCUT2D eigenvalue weighted by atomic mass is 16.9. The average Bonchev–Trinajstić information content (AvgIpc) is 2.39. The number of hydrogen-bond acceptors (Lipinski definition) is 6. The van der Waals surface area contributed by atoms with E-state index < -0.39 is 5.97 Å². The van der Waals surface area contributed by atoms with Gasteiger partial charge in [0.25, 0.3) is 0 Å². The molecule has 8 nitrogen and oxygen atoms in total. The summed E-state index contributed by atoms with van der Waals surface area (Å²) in [5.41, 5.74) is 6.17. The lowest BCUT2D eigenvalue weighted by Gasteiger charge is -2.16. The number of hydrogen-bond donors (Lipinski definition) is 1. The van der Waals surface area contributed by atoms with Gasteiger partial charge in [-0.05, 0) is 19.1 Å². The fraction of sp³-hybridized carbons (Fsp3) is 0.273. The quantitative estimate of drug-likeness (QED) is 0.272. The van der Waals surface area contributed by atoms with Gasteiger partial charge in [-0.2, -0.15) is 0 Å². The van der Waals surface area contributed by atoms with Crippen LogP contribution in [0.15, 0.2) is 40.7 Å². The van der Waals surface area contributed by atoms with Gasteiger partial charge in [0.15, 0.2) is 11.9 Å². The molecule has 2 N–H and O–H groups in total. The Bertz CT molecular complexity index is 449. The Balaban J connectivity index is 2.77. The van der Waals surface area contributed by atoms with Gasteiger partial charge in [0, 0.05) is 0 Å². The first-order valence-electron chi connectivity index (χ1n) is 5.49. The van der Waals surface area contributed by atoms with Crippen molar-refractivity contribution >= 4 is 17.6 Å². The van der Waals surface area contributed by atoms with E-state index in [1.165, 1.54) is 0 Å². The molecule has 0 saturated carbocycles. The van der Waals surface area contributed by atoms with E-state index in [0.717, 1.165) is 5.06 Å². The standard InChI is InChI=1S/C11H14N4O4/c1-2-18-10(16)8-15(19-14-17)11(12)13-9-6-4-3-5-7-9/h3-7H,2,8H2,1H3,(H2,12,13). The van der Waals surface area contributed by atoms with Crippen molar-refractivity contribution < 1.29 is 14.5 Å². The van der Waals surface area contributed by atoms with Crippen LogP contribution < -0.4 is 5.73 Å². The highest BCUT2D eigenvalue weighted by Gasteiger charge is 2.16. The van der Waals surface area contributed by atoms with Crippen molar-refractivity contribution in [3.63, 3.8) is 0 Å². The molecule has 1 aromatic carbocycles. The number of nitrogens with zero attached hydrogens (tertiary/aromatic N) is 3. The van der Waals surface area contributed by atoms with Crippen molar-refractivity contribution in [2.45, 2.75) is 6.92 Å². The second-order valence-electron chi connectivity index (χ2n) is 3.30. The van der Waals surface area contributed by atoms with Gasteiger partial charge in [-0.15, -0.1) is 9.97 Å². The number of nitrogens with two attached hydrogens (primary N) is 1. The Kier molecular flexibility index (Phi) is 5.80. The normalized spacial score (nSPS) is 10.7. The van der Waals surface area contributed by atoms with E-state index in [0.29, 0.717) is 5.69 Å². The van der Waals surface area contributed by atoms with E-state index in [-0.39, 0.29) is 19.1 Å². The monoisotopic (exact) mass is 266 g/mol. The Hall–Kier alpha value is -2.64. The van der Waals surface area contributed by atoms with E-state index in [2.05, 4.69) is 15.3 Å². The van der Waals surface area contributed by atoms with Crippen LogP contribution >= 0.6 is 0 Å². The van der Waals surface area contributed by atoms with Crippen LogP contribution in [0.3, 0.4) is 0 Å². The number of ether oxygens (including phenoxy) is 1. The zero-order valence-electron chi connectivity index (χ0n) is 10.4. The Morgan fingerprint density at radius 3 is 2.63 bits per heavy atom. The SMILES string of the molecule is CCOC(=O)CN(ON=O)C(N)=Nc1ccccc1. The van der Waals surface area contributed by atoms with Crippen molar-refractivity contribution in [3.05, 3.63) is 35.2 Å². The first-order chi connectivity index (χ1) is 9.17. The summed E-state index contributed by atoms with van der Waals surface area (Å²) in [6.45, 7) is 1.47. The van der Waals surface area contributed by atoms with Crippen molar-refractivity contribution in [1.29, 1.82) is 0 Å². The Labute approximate surface area is 109 Å². The van der Waals surface area contributed by atoms with E-state index >= 15 is 0 Å². The number of esters is 1. The van der Waals surface area contributed by atoms with Crippen LogP contribution in [0.25, 0.3) is 0 Å². The molecule has 0 unspecified atom stereocenters. The minimum atomic E-state index is -0.614. The van der Waals surface area contributed by atoms with E-state index in [9.17, 15) is 9.70 Å². The van der Waals surface area contributed by atoms with Crippen molar-refractivity contribution in [2.24, 2.45) is 16.1 Å². The molecule has 0 aromatic heterocycles. The molecule has 1 aromatic rings. The lowest BCUT2D eigenvalue weighted by Crippen LogP contribution is -2.40. The summed E-state index contributed by atoms with van der Waals surface area (Å²) in [4.78, 5) is 29.7. The molecule has 0 amide bonds. The zero-order valence-corrected chi connectivity index (χ0v) is 10.4. The molecule has 102 valence electrons. The number of guanidine groups is 1. The summed E-state index contributed by atoms with van der Waals surface area (Å²) in [5.74, 6) is -0.795. The molecule has 8 heteroatoms. The molecule has 0 aliphatic rings. The summed E-state index contributed by atoms with van der Waals surface area (Å²) >= 11 is 0. The number of para-hydroxylation sites is 1. The highest BCUT2D eigenvalue weighted by Crippen LogP contribution is 2.10. The van der Waals surface area contributed by atoms with Crippen LogP contribution in [0.1, 0.15) is 6.92 Å². The molecule has 0 saturated heterocycles. The number of aliphatic imine (C=N–C) groups is 1. The van der Waals surface area contributed by atoms with Gasteiger partial charge in [-0.1, -0.05) is 18.2 Å². The molecule has 0 aliphatic carbocycles. The summed E-state index contributed by atoms with van der Waals surface area (Å²) in [5, 5.41) is 2.97. The average molecular weight is 266 g/mol. The first-order valence-corrected chi connectivity index (χ1v) is 5.49. The number of carbonyl (C=O) groups is 1. The van der Waals surface area contributed by atoms with Crippen molar-refractivity contribution in [2.75, 3.05) is 13.2 Å². The maximum absolute atomic E-state index is 11.3. The third kappa shape index (κ3) is 5.02. The smallest absolute Gasteiger partial charge is 0.329 e.